The van der Waals surface area contributed by atoms with Crippen LogP contribution in [-0.4, -0.2) is 14.5 Å². The van der Waals surface area contributed by atoms with Gasteiger partial charge in [0.05, 0.1) is 5.52 Å². The molecule has 0 spiro atoms. The summed E-state index contributed by atoms with van der Waals surface area (Å²) in [5, 5.41) is 2.84. The highest BCUT2D eigenvalue weighted by Crippen LogP contribution is 2.27. The second-order valence-electron chi connectivity index (χ2n) is 5.34. The van der Waals surface area contributed by atoms with Crippen molar-refractivity contribution in [2.45, 2.75) is 10.9 Å². The zero-order chi connectivity index (χ0) is 16.4. The third-order valence-electron chi connectivity index (χ3n) is 3.78. The van der Waals surface area contributed by atoms with Crippen LogP contribution in [0, 0.1) is 0 Å². The number of aromatic nitrogens is 3. The lowest BCUT2D eigenvalue weighted by Gasteiger charge is -2.08. The number of nitrogens with zero attached hydrogens (tertiary/aromatic N) is 3. The summed E-state index contributed by atoms with van der Waals surface area (Å²) in [7, 11) is 0. The van der Waals surface area contributed by atoms with Crippen molar-refractivity contribution in [3.05, 3.63) is 83.8 Å². The fourth-order valence-electron chi connectivity index (χ4n) is 2.62. The number of hydrogen-bond donors (Lipinski definition) is 0. The summed E-state index contributed by atoms with van der Waals surface area (Å²) in [6.07, 6.45) is 5.62. The average Bonchev–Trinajstić information content (AvgIpc) is 3.09. The SMILES string of the molecule is Clc1ccc(-n2ccnc2SCc2cccc3cccnc23)cc1. The van der Waals surface area contributed by atoms with Crippen LogP contribution in [0.1, 0.15) is 5.56 Å². The zero-order valence-electron chi connectivity index (χ0n) is 12.8. The van der Waals surface area contributed by atoms with E-state index in [-0.39, 0.29) is 0 Å². The first-order valence-electron chi connectivity index (χ1n) is 7.56. The summed E-state index contributed by atoms with van der Waals surface area (Å²) in [6, 6.07) is 18.1. The molecular formula is C19H14ClN3S. The molecule has 0 N–H and O–H groups in total. The molecule has 5 heteroatoms. The minimum absolute atomic E-state index is 0.731. The van der Waals surface area contributed by atoms with Crippen molar-refractivity contribution in [1.82, 2.24) is 14.5 Å². The number of fused-ring (bicyclic) bond motifs is 1. The summed E-state index contributed by atoms with van der Waals surface area (Å²) in [5.74, 6) is 0.818. The molecule has 0 radical (unpaired) electrons. The van der Waals surface area contributed by atoms with E-state index in [0.29, 0.717) is 0 Å². The molecule has 0 aliphatic heterocycles. The molecule has 0 aliphatic carbocycles. The van der Waals surface area contributed by atoms with Crippen molar-refractivity contribution in [2.24, 2.45) is 0 Å². The molecule has 0 fully saturated rings. The van der Waals surface area contributed by atoms with E-state index in [4.69, 9.17) is 11.6 Å². The Labute approximate surface area is 149 Å². The minimum Gasteiger partial charge on any atom is -0.295 e. The first-order chi connectivity index (χ1) is 11.8. The molecule has 24 heavy (non-hydrogen) atoms. The molecule has 0 bridgehead atoms. The van der Waals surface area contributed by atoms with Crippen molar-refractivity contribution < 1.29 is 0 Å². The van der Waals surface area contributed by atoms with E-state index in [0.717, 1.165) is 32.5 Å². The minimum atomic E-state index is 0.731. The van der Waals surface area contributed by atoms with E-state index in [1.165, 1.54) is 5.56 Å². The molecular weight excluding hydrogens is 338 g/mol. The maximum Gasteiger partial charge on any atom is 0.172 e. The number of rotatable bonds is 4. The quantitative estimate of drug-likeness (QED) is 0.463. The van der Waals surface area contributed by atoms with Crippen LogP contribution in [-0.2, 0) is 5.75 Å². The highest BCUT2D eigenvalue weighted by Gasteiger charge is 2.08. The topological polar surface area (TPSA) is 30.7 Å². The fourth-order valence-corrected chi connectivity index (χ4v) is 3.71. The molecule has 118 valence electrons. The summed E-state index contributed by atoms with van der Waals surface area (Å²) < 4.78 is 2.07. The lowest BCUT2D eigenvalue weighted by Crippen LogP contribution is -1.95. The molecule has 2 aromatic carbocycles. The number of imidazole rings is 1. The van der Waals surface area contributed by atoms with Crippen LogP contribution in [0.5, 0.6) is 0 Å². The molecule has 0 atom stereocenters. The second-order valence-corrected chi connectivity index (χ2v) is 6.72. The third-order valence-corrected chi connectivity index (χ3v) is 5.05. The van der Waals surface area contributed by atoms with Crippen molar-refractivity contribution in [3.63, 3.8) is 0 Å². The Morgan fingerprint density at radius 3 is 2.62 bits per heavy atom. The maximum absolute atomic E-state index is 5.97. The Bertz CT molecular complexity index is 974. The molecule has 4 rings (SSSR count). The molecule has 2 aromatic heterocycles. The Morgan fingerprint density at radius 1 is 0.917 bits per heavy atom. The van der Waals surface area contributed by atoms with Crippen molar-refractivity contribution in [3.8, 4) is 5.69 Å². The van der Waals surface area contributed by atoms with Crippen LogP contribution in [0.2, 0.25) is 5.02 Å². The van der Waals surface area contributed by atoms with Gasteiger partial charge in [0.2, 0.25) is 0 Å². The lowest BCUT2D eigenvalue weighted by molar-refractivity contribution is 0.895. The Balaban J connectivity index is 1.61. The number of halogens is 1. The van der Waals surface area contributed by atoms with E-state index in [1.807, 2.05) is 48.9 Å². The van der Waals surface area contributed by atoms with Gasteiger partial charge in [-0.05, 0) is 35.9 Å². The highest BCUT2D eigenvalue weighted by molar-refractivity contribution is 7.98. The smallest absolute Gasteiger partial charge is 0.172 e. The molecule has 0 aliphatic rings. The summed E-state index contributed by atoms with van der Waals surface area (Å²) in [5.41, 5.74) is 3.32. The molecule has 3 nitrogen and oxygen atoms in total. The van der Waals surface area contributed by atoms with Crippen molar-refractivity contribution in [2.75, 3.05) is 0 Å². The summed E-state index contributed by atoms with van der Waals surface area (Å²) in [6.45, 7) is 0. The van der Waals surface area contributed by atoms with E-state index in [2.05, 4.69) is 38.8 Å². The van der Waals surface area contributed by atoms with Gasteiger partial charge in [-0.25, -0.2) is 4.98 Å². The van der Waals surface area contributed by atoms with E-state index in [9.17, 15) is 0 Å². The van der Waals surface area contributed by atoms with Crippen LogP contribution in [0.4, 0.5) is 0 Å². The van der Waals surface area contributed by atoms with Gasteiger partial charge in [-0.3, -0.25) is 9.55 Å². The molecule has 2 heterocycles. The van der Waals surface area contributed by atoms with Crippen LogP contribution in [0.25, 0.3) is 16.6 Å². The Hall–Kier alpha value is -2.30. The van der Waals surface area contributed by atoms with Gasteiger partial charge in [0.25, 0.3) is 0 Å². The normalized spacial score (nSPS) is 11.0. The Kier molecular flexibility index (Phi) is 4.24. The van der Waals surface area contributed by atoms with Gasteiger partial charge in [0.1, 0.15) is 0 Å². The average molecular weight is 352 g/mol. The van der Waals surface area contributed by atoms with Gasteiger partial charge >= 0.3 is 0 Å². The van der Waals surface area contributed by atoms with E-state index < -0.39 is 0 Å². The maximum atomic E-state index is 5.97. The van der Waals surface area contributed by atoms with Crippen LogP contribution >= 0.6 is 23.4 Å². The van der Waals surface area contributed by atoms with Gasteiger partial charge in [-0.2, -0.15) is 0 Å². The summed E-state index contributed by atoms with van der Waals surface area (Å²) in [4.78, 5) is 9.00. The van der Waals surface area contributed by atoms with E-state index >= 15 is 0 Å². The monoisotopic (exact) mass is 351 g/mol. The van der Waals surface area contributed by atoms with Gasteiger partial charge < -0.3 is 0 Å². The zero-order valence-corrected chi connectivity index (χ0v) is 14.3. The standard InChI is InChI=1S/C19H14ClN3S/c20-16-6-8-17(9-7-16)23-12-11-22-19(23)24-13-15-4-1-3-14-5-2-10-21-18(14)15/h1-12H,13H2. The molecule has 0 saturated heterocycles. The van der Waals surface area contributed by atoms with E-state index in [1.54, 1.807) is 11.8 Å². The van der Waals surface area contributed by atoms with Crippen molar-refractivity contribution >= 4 is 34.3 Å². The summed E-state index contributed by atoms with van der Waals surface area (Å²) >= 11 is 7.67. The Morgan fingerprint density at radius 2 is 1.75 bits per heavy atom. The third kappa shape index (κ3) is 3.03. The molecule has 0 saturated carbocycles. The van der Waals surface area contributed by atoms with Crippen LogP contribution in [0.3, 0.4) is 0 Å². The van der Waals surface area contributed by atoms with Crippen LogP contribution in [0.15, 0.2) is 78.3 Å². The molecule has 4 aromatic rings. The number of pyridine rings is 1. The highest BCUT2D eigenvalue weighted by atomic mass is 35.5. The number of hydrogen-bond acceptors (Lipinski definition) is 3. The predicted octanol–water partition coefficient (Wildman–Crippen LogP) is 5.37. The number of thioether (sulfide) groups is 1. The first kappa shape index (κ1) is 15.2. The number of para-hydroxylation sites is 1. The largest absolute Gasteiger partial charge is 0.295 e. The lowest BCUT2D eigenvalue weighted by atomic mass is 10.1. The fraction of sp³-hybridized carbons (Fsp3) is 0.0526. The first-order valence-corrected chi connectivity index (χ1v) is 8.92. The van der Waals surface area contributed by atoms with Crippen molar-refractivity contribution in [1.29, 1.82) is 0 Å². The van der Waals surface area contributed by atoms with Gasteiger partial charge in [-0.1, -0.05) is 47.6 Å². The number of benzene rings is 2. The van der Waals surface area contributed by atoms with Gasteiger partial charge in [-0.15, -0.1) is 0 Å². The molecule has 0 amide bonds. The van der Waals surface area contributed by atoms with Gasteiger partial charge in [0.15, 0.2) is 5.16 Å². The van der Waals surface area contributed by atoms with Gasteiger partial charge in [0, 0.05) is 40.4 Å². The second kappa shape index (κ2) is 6.67. The van der Waals surface area contributed by atoms with Crippen LogP contribution < -0.4 is 0 Å². The predicted molar refractivity (Wildman–Crippen MR) is 99.9 cm³/mol. The molecule has 0 unspecified atom stereocenters.